The molecule has 12 heteroatoms. The molecule has 47 heavy (non-hydrogen) atoms. The van der Waals surface area contributed by atoms with Crippen molar-refractivity contribution in [2.45, 2.75) is 75.4 Å². The Morgan fingerprint density at radius 3 is 2.45 bits per heavy atom. The van der Waals surface area contributed by atoms with Gasteiger partial charge in [0.05, 0.1) is 28.6 Å². The number of imide groups is 2. The highest BCUT2D eigenvalue weighted by molar-refractivity contribution is 6.23. The summed E-state index contributed by atoms with van der Waals surface area (Å²) in [6.45, 7) is 2.97. The number of carbonyl (C=O) groups excluding carboxylic acids is 4. The zero-order valence-corrected chi connectivity index (χ0v) is 26.6. The van der Waals surface area contributed by atoms with Crippen LogP contribution >= 0.6 is 0 Å². The molecule has 244 valence electrons. The second-order valence-corrected chi connectivity index (χ2v) is 13.9. The molecule has 1 atom stereocenters. The SMILES string of the molecule is CN1CCC(Nc2ccnc(-c3cn(C4CC(CNc5ccc6c(c5)C(=O)N(C5CCC(=O)NC5=O)C6=O)C4)nc3C3CC3)c2)CC1. The Balaban J connectivity index is 0.893. The largest absolute Gasteiger partial charge is 0.385 e. The lowest BCUT2D eigenvalue weighted by atomic mass is 9.80. The third kappa shape index (κ3) is 5.79. The lowest BCUT2D eigenvalue weighted by molar-refractivity contribution is -0.136. The molecule has 4 fully saturated rings. The molecule has 1 aromatic carbocycles. The predicted octanol–water partition coefficient (Wildman–Crippen LogP) is 3.79. The molecular weight excluding hydrogens is 596 g/mol. The van der Waals surface area contributed by atoms with E-state index in [1.807, 2.05) is 6.20 Å². The van der Waals surface area contributed by atoms with Crippen LogP contribution in [0.15, 0.2) is 42.7 Å². The minimum Gasteiger partial charge on any atom is -0.385 e. The monoisotopic (exact) mass is 636 g/mol. The van der Waals surface area contributed by atoms with Crippen LogP contribution in [0, 0.1) is 5.92 Å². The van der Waals surface area contributed by atoms with Gasteiger partial charge in [0.1, 0.15) is 6.04 Å². The van der Waals surface area contributed by atoms with Crippen molar-refractivity contribution in [1.82, 2.24) is 29.9 Å². The fraction of sp³-hybridized carbons (Fsp3) is 0.486. The molecule has 4 amide bonds. The molecule has 2 saturated carbocycles. The summed E-state index contributed by atoms with van der Waals surface area (Å²) in [4.78, 5) is 58.3. The number of anilines is 2. The Labute approximate surface area is 273 Å². The third-order valence-corrected chi connectivity index (χ3v) is 10.5. The molecule has 0 radical (unpaired) electrons. The van der Waals surface area contributed by atoms with Gasteiger partial charge in [0.2, 0.25) is 11.8 Å². The van der Waals surface area contributed by atoms with Crippen molar-refractivity contribution in [3.8, 4) is 11.3 Å². The second-order valence-electron chi connectivity index (χ2n) is 13.9. The van der Waals surface area contributed by atoms with Gasteiger partial charge in [0.15, 0.2) is 0 Å². The van der Waals surface area contributed by atoms with Crippen LogP contribution in [-0.4, -0.2) is 87.0 Å². The number of fused-ring (bicyclic) bond motifs is 1. The van der Waals surface area contributed by atoms with Crippen LogP contribution in [0.25, 0.3) is 11.3 Å². The minimum atomic E-state index is -0.966. The van der Waals surface area contributed by atoms with Gasteiger partial charge >= 0.3 is 0 Å². The second kappa shape index (κ2) is 11.9. The average molecular weight is 637 g/mol. The van der Waals surface area contributed by atoms with Crippen LogP contribution in [0.2, 0.25) is 0 Å². The van der Waals surface area contributed by atoms with Gasteiger partial charge < -0.3 is 15.5 Å². The Kier molecular flexibility index (Phi) is 7.54. The zero-order chi connectivity index (χ0) is 32.2. The molecule has 8 rings (SSSR count). The van der Waals surface area contributed by atoms with E-state index in [1.54, 1.807) is 18.2 Å². The first kappa shape index (κ1) is 29.8. The summed E-state index contributed by atoms with van der Waals surface area (Å²) in [5.74, 6) is -1.02. The Morgan fingerprint density at radius 1 is 0.894 bits per heavy atom. The number of likely N-dealkylation sites (tertiary alicyclic amines) is 1. The van der Waals surface area contributed by atoms with E-state index >= 15 is 0 Å². The van der Waals surface area contributed by atoms with Gasteiger partial charge in [-0.1, -0.05) is 0 Å². The Bertz CT molecular complexity index is 1750. The maximum absolute atomic E-state index is 13.2. The van der Waals surface area contributed by atoms with E-state index in [9.17, 15) is 19.2 Å². The van der Waals surface area contributed by atoms with E-state index in [4.69, 9.17) is 10.1 Å². The predicted molar refractivity (Wildman–Crippen MR) is 175 cm³/mol. The van der Waals surface area contributed by atoms with Crippen molar-refractivity contribution in [3.05, 3.63) is 59.5 Å². The van der Waals surface area contributed by atoms with Gasteiger partial charge in [-0.3, -0.25) is 39.1 Å². The van der Waals surface area contributed by atoms with Crippen LogP contribution in [0.4, 0.5) is 11.4 Å². The Morgan fingerprint density at radius 2 is 1.68 bits per heavy atom. The number of hydrogen-bond donors (Lipinski definition) is 3. The normalized spacial score (nSPS) is 25.0. The molecule has 2 saturated heterocycles. The summed E-state index contributed by atoms with van der Waals surface area (Å²) in [5, 5.41) is 14.5. The molecule has 0 bridgehead atoms. The highest BCUT2D eigenvalue weighted by Crippen LogP contribution is 2.46. The number of benzene rings is 1. The van der Waals surface area contributed by atoms with Gasteiger partial charge in [-0.25, -0.2) is 0 Å². The molecule has 12 nitrogen and oxygen atoms in total. The topological polar surface area (TPSA) is 142 Å². The molecule has 2 aromatic heterocycles. The minimum absolute atomic E-state index is 0.0982. The molecule has 3 N–H and O–H groups in total. The number of rotatable bonds is 9. The molecule has 5 aliphatic rings. The number of piperidine rings is 2. The van der Waals surface area contributed by atoms with Crippen LogP contribution in [0.1, 0.15) is 89.7 Å². The summed E-state index contributed by atoms with van der Waals surface area (Å²) < 4.78 is 2.15. The van der Waals surface area contributed by atoms with Crippen LogP contribution in [0.5, 0.6) is 0 Å². The Hall–Kier alpha value is -4.58. The lowest BCUT2D eigenvalue weighted by Gasteiger charge is -2.35. The highest BCUT2D eigenvalue weighted by Gasteiger charge is 2.44. The summed E-state index contributed by atoms with van der Waals surface area (Å²) in [6.07, 6.45) is 11.0. The molecule has 5 heterocycles. The van der Waals surface area contributed by atoms with Crippen LogP contribution in [-0.2, 0) is 9.59 Å². The standard InChI is InChI=1S/C35H40N8O4/c1-41-12-9-22(10-13-41)38-24-8-11-36-29(17-24)28-19-42(40-32(28)21-2-3-21)25-14-20(15-25)18-37-23-4-5-26-27(16-23)35(47)43(34(26)46)30-6-7-31(44)39-33(30)45/h4-5,8,11,16-17,19-22,25,30,37H,2-3,6-7,9-10,12-15,18H2,1H3,(H,36,38)(H,39,44,45). The first-order valence-electron chi connectivity index (χ1n) is 16.9. The third-order valence-electron chi connectivity index (χ3n) is 10.5. The smallest absolute Gasteiger partial charge is 0.262 e. The average Bonchev–Trinajstić information content (AvgIpc) is 3.75. The van der Waals surface area contributed by atoms with Crippen molar-refractivity contribution in [3.63, 3.8) is 0 Å². The first-order chi connectivity index (χ1) is 22.8. The first-order valence-corrected chi connectivity index (χ1v) is 16.9. The summed E-state index contributed by atoms with van der Waals surface area (Å²) in [7, 11) is 2.18. The molecule has 3 aromatic rings. The van der Waals surface area contributed by atoms with Crippen LogP contribution < -0.4 is 16.0 Å². The van der Waals surface area contributed by atoms with Crippen molar-refractivity contribution < 1.29 is 19.2 Å². The maximum atomic E-state index is 13.2. The number of pyridine rings is 1. The number of amides is 4. The van der Waals surface area contributed by atoms with Gasteiger partial charge in [-0.05, 0) is 101 Å². The van der Waals surface area contributed by atoms with Crippen LogP contribution in [0.3, 0.4) is 0 Å². The summed E-state index contributed by atoms with van der Waals surface area (Å²) in [5.41, 5.74) is 5.74. The molecule has 1 unspecified atom stereocenters. The highest BCUT2D eigenvalue weighted by atomic mass is 16.2. The molecule has 3 aliphatic heterocycles. The van der Waals surface area contributed by atoms with Gasteiger partial charge in [-0.15, -0.1) is 0 Å². The van der Waals surface area contributed by atoms with Crippen molar-refractivity contribution in [2.24, 2.45) is 5.92 Å². The molecular formula is C35H40N8O4. The number of nitrogens with zero attached hydrogens (tertiary/aromatic N) is 5. The van der Waals surface area contributed by atoms with E-state index in [1.165, 1.54) is 18.5 Å². The zero-order valence-electron chi connectivity index (χ0n) is 26.6. The molecule has 0 spiro atoms. The maximum Gasteiger partial charge on any atom is 0.262 e. The fourth-order valence-corrected chi connectivity index (χ4v) is 7.43. The van der Waals surface area contributed by atoms with Crippen molar-refractivity contribution >= 4 is 35.0 Å². The van der Waals surface area contributed by atoms with Gasteiger partial charge in [0, 0.05) is 54.3 Å². The fourth-order valence-electron chi connectivity index (χ4n) is 7.43. The van der Waals surface area contributed by atoms with E-state index in [0.29, 0.717) is 23.9 Å². The summed E-state index contributed by atoms with van der Waals surface area (Å²) in [6, 6.07) is 9.24. The van der Waals surface area contributed by atoms with Crippen molar-refractivity contribution in [1.29, 1.82) is 0 Å². The lowest BCUT2D eigenvalue weighted by Crippen LogP contribution is -2.54. The van der Waals surface area contributed by atoms with Gasteiger partial charge in [0.25, 0.3) is 11.8 Å². The van der Waals surface area contributed by atoms with Crippen molar-refractivity contribution in [2.75, 3.05) is 37.3 Å². The van der Waals surface area contributed by atoms with Gasteiger partial charge in [-0.2, -0.15) is 5.10 Å². The number of carbonyl (C=O) groups is 4. The summed E-state index contributed by atoms with van der Waals surface area (Å²) >= 11 is 0. The number of aromatic nitrogens is 3. The van der Waals surface area contributed by atoms with E-state index in [-0.39, 0.29) is 29.9 Å². The molecule has 2 aliphatic carbocycles. The van der Waals surface area contributed by atoms with E-state index in [0.717, 1.165) is 72.8 Å². The van der Waals surface area contributed by atoms with E-state index < -0.39 is 23.8 Å². The number of nitrogens with one attached hydrogen (secondary N) is 3. The van der Waals surface area contributed by atoms with E-state index in [2.05, 4.69) is 50.9 Å². The number of hydrogen-bond acceptors (Lipinski definition) is 9. The quantitative estimate of drug-likeness (QED) is 0.299.